The van der Waals surface area contributed by atoms with Crippen LogP contribution < -0.4 is 9.47 Å². The second kappa shape index (κ2) is 8.65. The summed E-state index contributed by atoms with van der Waals surface area (Å²) in [7, 11) is 2.87. The van der Waals surface area contributed by atoms with Crippen LogP contribution in [0.2, 0.25) is 0 Å². The summed E-state index contributed by atoms with van der Waals surface area (Å²) in [6.45, 7) is 0. The Bertz CT molecular complexity index is 1050. The second-order valence-corrected chi connectivity index (χ2v) is 6.16. The van der Waals surface area contributed by atoms with Crippen LogP contribution in [0.5, 0.6) is 11.5 Å². The molecule has 0 unspecified atom stereocenters. The monoisotopic (exact) mass is 398 g/mol. The summed E-state index contributed by atoms with van der Waals surface area (Å²) in [6.07, 6.45) is 2.86. The summed E-state index contributed by atoms with van der Waals surface area (Å²) < 4.78 is 51.0. The Labute approximate surface area is 166 Å². The number of ether oxygens (including phenoxy) is 2. The van der Waals surface area contributed by atoms with Gasteiger partial charge < -0.3 is 9.47 Å². The molecule has 3 aromatic carbocycles. The van der Waals surface area contributed by atoms with Crippen molar-refractivity contribution < 1.29 is 27.4 Å². The minimum Gasteiger partial charge on any atom is -0.496 e. The fourth-order valence-electron chi connectivity index (χ4n) is 2.86. The van der Waals surface area contributed by atoms with Gasteiger partial charge in [-0.15, -0.1) is 0 Å². The van der Waals surface area contributed by atoms with E-state index in [1.165, 1.54) is 62.8 Å². The normalized spacial score (nSPS) is 10.9. The molecule has 0 radical (unpaired) electrons. The van der Waals surface area contributed by atoms with Gasteiger partial charge in [0.15, 0.2) is 5.78 Å². The fourth-order valence-corrected chi connectivity index (χ4v) is 2.86. The molecule has 0 bridgehead atoms. The van der Waals surface area contributed by atoms with Gasteiger partial charge in [-0.3, -0.25) is 4.79 Å². The largest absolute Gasteiger partial charge is 0.496 e. The summed E-state index contributed by atoms with van der Waals surface area (Å²) in [5.41, 5.74) is 1.58. The Balaban J connectivity index is 1.99. The highest BCUT2D eigenvalue weighted by Crippen LogP contribution is 2.37. The molecule has 0 spiro atoms. The molecule has 3 aromatic rings. The third-order valence-corrected chi connectivity index (χ3v) is 4.27. The Morgan fingerprint density at radius 1 is 0.793 bits per heavy atom. The van der Waals surface area contributed by atoms with E-state index in [0.717, 1.165) is 6.07 Å². The van der Waals surface area contributed by atoms with E-state index >= 15 is 0 Å². The number of hydrogen-bond donors (Lipinski definition) is 0. The van der Waals surface area contributed by atoms with E-state index in [1.807, 2.05) is 0 Å². The van der Waals surface area contributed by atoms with Crippen LogP contribution in [0.1, 0.15) is 15.9 Å². The molecule has 0 aliphatic heterocycles. The summed E-state index contributed by atoms with van der Waals surface area (Å²) in [5, 5.41) is 0. The van der Waals surface area contributed by atoms with Crippen LogP contribution in [0.15, 0.2) is 60.7 Å². The van der Waals surface area contributed by atoms with E-state index in [0.29, 0.717) is 28.2 Å². The lowest BCUT2D eigenvalue weighted by Crippen LogP contribution is -1.96. The molecule has 29 heavy (non-hydrogen) atoms. The molecule has 0 N–H and O–H groups in total. The molecule has 6 heteroatoms. The van der Waals surface area contributed by atoms with Crippen molar-refractivity contribution in [3.8, 4) is 22.6 Å². The number of halogens is 3. The topological polar surface area (TPSA) is 35.5 Å². The number of allylic oxidation sites excluding steroid dienone is 1. The van der Waals surface area contributed by atoms with Crippen molar-refractivity contribution in [2.45, 2.75) is 0 Å². The fraction of sp³-hybridized carbons (Fsp3) is 0.0870. The van der Waals surface area contributed by atoms with E-state index < -0.39 is 17.5 Å². The minimum atomic E-state index is -0.713. The van der Waals surface area contributed by atoms with Gasteiger partial charge in [-0.1, -0.05) is 0 Å². The predicted molar refractivity (Wildman–Crippen MR) is 105 cm³/mol. The summed E-state index contributed by atoms with van der Waals surface area (Å²) >= 11 is 0. The Morgan fingerprint density at radius 3 is 2.00 bits per heavy atom. The van der Waals surface area contributed by atoms with E-state index in [9.17, 15) is 18.0 Å². The van der Waals surface area contributed by atoms with Gasteiger partial charge in [0, 0.05) is 22.8 Å². The third kappa shape index (κ3) is 4.66. The molecule has 0 amide bonds. The van der Waals surface area contributed by atoms with Crippen molar-refractivity contribution in [2.75, 3.05) is 14.2 Å². The molecule has 0 aliphatic carbocycles. The van der Waals surface area contributed by atoms with Gasteiger partial charge in [0.05, 0.1) is 14.2 Å². The quantitative estimate of drug-likeness (QED) is 0.396. The summed E-state index contributed by atoms with van der Waals surface area (Å²) in [5.74, 6) is -1.44. The standard InChI is InChI=1S/C23H17F3O3/c1-28-22-13-20(16-9-18(25)12-19(26)10-16)23(29-2)11-15(22)5-8-21(27)14-3-6-17(24)7-4-14/h3-13H,1-2H3/b8-5+. The van der Waals surface area contributed by atoms with Gasteiger partial charge in [-0.25, -0.2) is 13.2 Å². The highest BCUT2D eigenvalue weighted by Gasteiger charge is 2.14. The zero-order chi connectivity index (χ0) is 21.0. The molecule has 3 rings (SSSR count). The zero-order valence-electron chi connectivity index (χ0n) is 15.7. The smallest absolute Gasteiger partial charge is 0.185 e. The van der Waals surface area contributed by atoms with Gasteiger partial charge in [-0.2, -0.15) is 0 Å². The molecule has 148 valence electrons. The summed E-state index contributed by atoms with van der Waals surface area (Å²) in [6, 6.07) is 11.5. The molecule has 3 nitrogen and oxygen atoms in total. The van der Waals surface area contributed by atoms with Crippen LogP contribution in [0.4, 0.5) is 13.2 Å². The first-order chi connectivity index (χ1) is 13.9. The number of benzene rings is 3. The van der Waals surface area contributed by atoms with Crippen molar-refractivity contribution in [3.63, 3.8) is 0 Å². The van der Waals surface area contributed by atoms with E-state index in [-0.39, 0.29) is 11.3 Å². The predicted octanol–water partition coefficient (Wildman–Crippen LogP) is 5.68. The van der Waals surface area contributed by atoms with Crippen LogP contribution in [0.25, 0.3) is 17.2 Å². The lowest BCUT2D eigenvalue weighted by atomic mass is 10.0. The second-order valence-electron chi connectivity index (χ2n) is 6.16. The van der Waals surface area contributed by atoms with Crippen LogP contribution in [-0.4, -0.2) is 20.0 Å². The average Bonchev–Trinajstić information content (AvgIpc) is 2.71. The first-order valence-electron chi connectivity index (χ1n) is 8.61. The van der Waals surface area contributed by atoms with Crippen molar-refractivity contribution in [1.82, 2.24) is 0 Å². The molecule has 0 heterocycles. The van der Waals surface area contributed by atoms with Crippen LogP contribution in [0, 0.1) is 17.5 Å². The number of hydrogen-bond acceptors (Lipinski definition) is 3. The van der Waals surface area contributed by atoms with Gasteiger partial charge in [0.25, 0.3) is 0 Å². The molecule has 0 fully saturated rings. The van der Waals surface area contributed by atoms with E-state index in [4.69, 9.17) is 9.47 Å². The van der Waals surface area contributed by atoms with Gasteiger partial charge in [0.2, 0.25) is 0 Å². The van der Waals surface area contributed by atoms with E-state index in [2.05, 4.69) is 0 Å². The van der Waals surface area contributed by atoms with Crippen molar-refractivity contribution >= 4 is 11.9 Å². The Kier molecular flexibility index (Phi) is 6.02. The van der Waals surface area contributed by atoms with Crippen LogP contribution in [0.3, 0.4) is 0 Å². The highest BCUT2D eigenvalue weighted by molar-refractivity contribution is 6.07. The highest BCUT2D eigenvalue weighted by atomic mass is 19.1. The molecule has 0 aliphatic rings. The van der Waals surface area contributed by atoms with Crippen LogP contribution in [-0.2, 0) is 0 Å². The molecule has 0 aromatic heterocycles. The van der Waals surface area contributed by atoms with Gasteiger partial charge in [0.1, 0.15) is 29.0 Å². The lowest BCUT2D eigenvalue weighted by molar-refractivity contribution is 0.104. The lowest BCUT2D eigenvalue weighted by Gasteiger charge is -2.14. The molecular formula is C23H17F3O3. The maximum atomic E-state index is 13.6. The minimum absolute atomic E-state index is 0.288. The summed E-state index contributed by atoms with van der Waals surface area (Å²) in [4.78, 5) is 12.3. The average molecular weight is 398 g/mol. The Morgan fingerprint density at radius 2 is 1.41 bits per heavy atom. The molecular weight excluding hydrogens is 381 g/mol. The number of carbonyl (C=O) groups excluding carboxylic acids is 1. The first-order valence-corrected chi connectivity index (χ1v) is 8.61. The van der Waals surface area contributed by atoms with Gasteiger partial charge in [-0.05, 0) is 66.2 Å². The first kappa shape index (κ1) is 20.2. The SMILES string of the molecule is COc1cc(-c2cc(F)cc(F)c2)c(OC)cc1/C=C/C(=O)c1ccc(F)cc1. The molecule has 0 saturated carbocycles. The zero-order valence-corrected chi connectivity index (χ0v) is 15.7. The van der Waals surface area contributed by atoms with Gasteiger partial charge >= 0.3 is 0 Å². The van der Waals surface area contributed by atoms with Crippen molar-refractivity contribution in [1.29, 1.82) is 0 Å². The van der Waals surface area contributed by atoms with Crippen molar-refractivity contribution in [3.05, 3.63) is 89.3 Å². The van der Waals surface area contributed by atoms with Crippen LogP contribution >= 0.6 is 0 Å². The number of rotatable bonds is 6. The Hall–Kier alpha value is -3.54. The van der Waals surface area contributed by atoms with E-state index in [1.54, 1.807) is 12.1 Å². The third-order valence-electron chi connectivity index (χ3n) is 4.27. The van der Waals surface area contributed by atoms with Crippen molar-refractivity contribution in [2.24, 2.45) is 0 Å². The molecule has 0 atom stereocenters. The maximum absolute atomic E-state index is 13.6. The number of carbonyl (C=O) groups is 1. The number of ketones is 1. The maximum Gasteiger partial charge on any atom is 0.185 e. The number of methoxy groups -OCH3 is 2. The molecule has 0 saturated heterocycles.